The second kappa shape index (κ2) is 19.3. The molecule has 0 aromatic heterocycles. The molecule has 2 heteroatoms. The maximum absolute atomic E-state index is 10.5. The number of allylic oxidation sites excluding steroid dienone is 6. The Bertz CT molecular complexity index is 326. The summed E-state index contributed by atoms with van der Waals surface area (Å²) in [5, 5.41) is 0. The average Bonchev–Trinajstić information content (AvgIpc) is 2.46. The summed E-state index contributed by atoms with van der Waals surface area (Å²) in [5.41, 5.74) is 0. The summed E-state index contributed by atoms with van der Waals surface area (Å²) >= 11 is 0. The van der Waals surface area contributed by atoms with Crippen molar-refractivity contribution in [3.8, 4) is 0 Å². The van der Waals surface area contributed by atoms with Crippen LogP contribution in [0.3, 0.4) is 0 Å². The molecule has 0 saturated carbocycles. The third kappa shape index (κ3) is 26.8. The number of Topliss-reactive ketones (excluding diaryl/α,β-unsaturated/α-hetero) is 2. The van der Waals surface area contributed by atoms with Crippen molar-refractivity contribution in [3.05, 3.63) is 49.6 Å². The Hall–Kier alpha value is -1.70. The van der Waals surface area contributed by atoms with Crippen molar-refractivity contribution in [2.75, 3.05) is 0 Å². The van der Waals surface area contributed by atoms with E-state index in [9.17, 15) is 9.59 Å². The lowest BCUT2D eigenvalue weighted by Crippen LogP contribution is -1.86. The van der Waals surface area contributed by atoms with Crippen molar-refractivity contribution in [1.29, 1.82) is 0 Å². The predicted octanol–water partition coefficient (Wildman–Crippen LogP) is 5.76. The molecule has 22 heavy (non-hydrogen) atoms. The Labute approximate surface area is 136 Å². The summed E-state index contributed by atoms with van der Waals surface area (Å²) in [5.74, 6) is 0.525. The Morgan fingerprint density at radius 1 is 0.636 bits per heavy atom. The molecule has 0 N–H and O–H groups in total. The number of rotatable bonds is 12. The van der Waals surface area contributed by atoms with Crippen LogP contribution in [0.1, 0.15) is 65.2 Å². The molecule has 0 heterocycles. The van der Waals surface area contributed by atoms with Gasteiger partial charge in [0, 0.05) is 12.8 Å². The van der Waals surface area contributed by atoms with Crippen LogP contribution in [0.25, 0.3) is 0 Å². The molecule has 0 aromatic rings. The zero-order valence-electron chi connectivity index (χ0n) is 14.4. The summed E-state index contributed by atoms with van der Waals surface area (Å²) in [4.78, 5) is 21.0. The fraction of sp³-hybridized carbons (Fsp3) is 0.500. The summed E-state index contributed by atoms with van der Waals surface area (Å²) in [6.07, 6.45) is 19.4. The fourth-order valence-corrected chi connectivity index (χ4v) is 1.47. The van der Waals surface area contributed by atoms with E-state index in [-0.39, 0.29) is 11.6 Å². The smallest absolute Gasteiger partial charge is 0.130 e. The molecule has 0 unspecified atom stereocenters. The molecular weight excluding hydrogens is 272 g/mol. The number of hydrogen-bond acceptors (Lipinski definition) is 2. The van der Waals surface area contributed by atoms with E-state index < -0.39 is 0 Å². The normalized spacial score (nSPS) is 10.3. The first-order chi connectivity index (χ1) is 10.5. The van der Waals surface area contributed by atoms with Gasteiger partial charge < -0.3 is 9.59 Å². The molecule has 0 rings (SSSR count). The first kappa shape index (κ1) is 22.6. The molecule has 0 aliphatic rings. The van der Waals surface area contributed by atoms with E-state index in [0.717, 1.165) is 38.5 Å². The number of hydrogen-bond donors (Lipinski definition) is 0. The number of unbranched alkanes of at least 4 members (excludes halogenated alkanes) is 2. The van der Waals surface area contributed by atoms with Crippen LogP contribution >= 0.6 is 0 Å². The highest BCUT2D eigenvalue weighted by Crippen LogP contribution is 1.97. The predicted molar refractivity (Wildman–Crippen MR) is 97.0 cm³/mol. The highest BCUT2D eigenvalue weighted by atomic mass is 16.1. The van der Waals surface area contributed by atoms with Gasteiger partial charge in [-0.2, -0.15) is 0 Å². The average molecular weight is 304 g/mol. The van der Waals surface area contributed by atoms with E-state index >= 15 is 0 Å². The van der Waals surface area contributed by atoms with E-state index in [2.05, 4.69) is 37.5 Å². The highest BCUT2D eigenvalue weighted by Gasteiger charge is 1.88. The van der Waals surface area contributed by atoms with Gasteiger partial charge in [-0.25, -0.2) is 0 Å². The molecule has 0 saturated heterocycles. The lowest BCUT2D eigenvalue weighted by molar-refractivity contribution is -0.117. The standard InChI is InChI=1S/2C10H16O/c2*1-3-4-5-6-7-8-9-10(2)11/h2*3,6-7H,1,4-5,8-9H2,2H3/b2*7-6+. The van der Waals surface area contributed by atoms with Gasteiger partial charge in [-0.1, -0.05) is 36.5 Å². The first-order valence-corrected chi connectivity index (χ1v) is 8.05. The summed E-state index contributed by atoms with van der Waals surface area (Å²) in [6.45, 7) is 10.5. The van der Waals surface area contributed by atoms with Gasteiger partial charge in [0.15, 0.2) is 0 Å². The SMILES string of the molecule is C=CCC/C=C/CCC(C)=O.C=CCC/C=C/CCC(C)=O. The van der Waals surface area contributed by atoms with E-state index in [1.807, 2.05) is 12.2 Å². The first-order valence-electron chi connectivity index (χ1n) is 8.05. The Balaban J connectivity index is 0. The maximum Gasteiger partial charge on any atom is 0.130 e. The van der Waals surface area contributed by atoms with Gasteiger partial charge in [-0.15, -0.1) is 13.2 Å². The van der Waals surface area contributed by atoms with E-state index in [4.69, 9.17) is 0 Å². The summed E-state index contributed by atoms with van der Waals surface area (Å²) in [7, 11) is 0. The van der Waals surface area contributed by atoms with Crippen LogP contribution in [0.5, 0.6) is 0 Å². The van der Waals surface area contributed by atoms with E-state index in [0.29, 0.717) is 12.8 Å². The third-order valence-corrected chi connectivity index (χ3v) is 2.73. The van der Waals surface area contributed by atoms with Crippen LogP contribution in [0.2, 0.25) is 0 Å². The van der Waals surface area contributed by atoms with Crippen molar-refractivity contribution in [2.24, 2.45) is 0 Å². The number of carbonyl (C=O) groups is 2. The van der Waals surface area contributed by atoms with Crippen LogP contribution in [-0.2, 0) is 9.59 Å². The molecule has 0 aliphatic carbocycles. The van der Waals surface area contributed by atoms with Crippen LogP contribution in [0.4, 0.5) is 0 Å². The van der Waals surface area contributed by atoms with E-state index in [1.54, 1.807) is 13.8 Å². The van der Waals surface area contributed by atoms with E-state index in [1.165, 1.54) is 0 Å². The minimum absolute atomic E-state index is 0.262. The minimum Gasteiger partial charge on any atom is -0.300 e. The molecule has 124 valence electrons. The third-order valence-electron chi connectivity index (χ3n) is 2.73. The topological polar surface area (TPSA) is 34.1 Å². The Morgan fingerprint density at radius 3 is 1.23 bits per heavy atom. The quantitative estimate of drug-likeness (QED) is 0.339. The van der Waals surface area contributed by atoms with Crippen LogP contribution in [-0.4, -0.2) is 11.6 Å². The molecule has 0 aliphatic heterocycles. The Morgan fingerprint density at radius 2 is 0.955 bits per heavy atom. The van der Waals surface area contributed by atoms with Crippen LogP contribution < -0.4 is 0 Å². The monoisotopic (exact) mass is 304 g/mol. The summed E-state index contributed by atoms with van der Waals surface area (Å²) < 4.78 is 0. The van der Waals surface area contributed by atoms with Crippen molar-refractivity contribution >= 4 is 11.6 Å². The highest BCUT2D eigenvalue weighted by molar-refractivity contribution is 5.75. The molecule has 2 nitrogen and oxygen atoms in total. The zero-order valence-corrected chi connectivity index (χ0v) is 14.4. The van der Waals surface area contributed by atoms with Crippen molar-refractivity contribution in [1.82, 2.24) is 0 Å². The maximum atomic E-state index is 10.5. The van der Waals surface area contributed by atoms with Gasteiger partial charge in [0.05, 0.1) is 0 Å². The zero-order chi connectivity index (χ0) is 17.1. The van der Waals surface area contributed by atoms with Gasteiger partial charge >= 0.3 is 0 Å². The lowest BCUT2D eigenvalue weighted by Gasteiger charge is -1.88. The van der Waals surface area contributed by atoms with Gasteiger partial charge in [-0.3, -0.25) is 0 Å². The molecule has 0 amide bonds. The van der Waals surface area contributed by atoms with Crippen molar-refractivity contribution in [3.63, 3.8) is 0 Å². The van der Waals surface area contributed by atoms with Gasteiger partial charge in [-0.05, 0) is 52.4 Å². The second-order valence-corrected chi connectivity index (χ2v) is 5.16. The Kier molecular flexibility index (Phi) is 19.8. The van der Waals surface area contributed by atoms with Gasteiger partial charge in [0.2, 0.25) is 0 Å². The van der Waals surface area contributed by atoms with Crippen LogP contribution in [0.15, 0.2) is 49.6 Å². The number of ketones is 2. The largest absolute Gasteiger partial charge is 0.300 e. The second-order valence-electron chi connectivity index (χ2n) is 5.16. The molecule has 0 radical (unpaired) electrons. The summed E-state index contributed by atoms with van der Waals surface area (Å²) in [6, 6.07) is 0. The molecule has 0 fully saturated rings. The molecule has 0 atom stereocenters. The van der Waals surface area contributed by atoms with Crippen LogP contribution in [0, 0.1) is 0 Å². The fourth-order valence-electron chi connectivity index (χ4n) is 1.47. The molecule has 0 aromatic carbocycles. The molecular formula is C20H32O2. The molecule has 0 spiro atoms. The van der Waals surface area contributed by atoms with Gasteiger partial charge in [0.1, 0.15) is 11.6 Å². The van der Waals surface area contributed by atoms with Crippen molar-refractivity contribution < 1.29 is 9.59 Å². The number of carbonyl (C=O) groups excluding carboxylic acids is 2. The van der Waals surface area contributed by atoms with Gasteiger partial charge in [0.25, 0.3) is 0 Å². The molecule has 0 bridgehead atoms. The minimum atomic E-state index is 0.262. The van der Waals surface area contributed by atoms with Crippen molar-refractivity contribution in [2.45, 2.75) is 65.2 Å². The lowest BCUT2D eigenvalue weighted by atomic mass is 10.2.